The van der Waals surface area contributed by atoms with E-state index in [-0.39, 0.29) is 12.5 Å². The molecule has 136 valence electrons. The van der Waals surface area contributed by atoms with Crippen LogP contribution in [0.25, 0.3) is 11.1 Å². The Balaban J connectivity index is 1.72. The van der Waals surface area contributed by atoms with Crippen LogP contribution < -0.4 is 4.90 Å². The first kappa shape index (κ1) is 17.9. The van der Waals surface area contributed by atoms with E-state index in [9.17, 15) is 9.59 Å². The van der Waals surface area contributed by atoms with Crippen LogP contribution in [0.4, 0.5) is 10.5 Å². The molecule has 6 nitrogen and oxygen atoms in total. The molecule has 1 aromatic carbocycles. The van der Waals surface area contributed by atoms with Gasteiger partial charge in [0, 0.05) is 24.8 Å². The molecule has 1 aromatic heterocycles. The molecule has 0 spiro atoms. The second-order valence-electron chi connectivity index (χ2n) is 7.25. The van der Waals surface area contributed by atoms with Gasteiger partial charge in [-0.25, -0.2) is 4.79 Å². The predicted molar refractivity (Wildman–Crippen MR) is 99.8 cm³/mol. The van der Waals surface area contributed by atoms with E-state index in [1.54, 1.807) is 17.3 Å². The average Bonchev–Trinajstić information content (AvgIpc) is 2.61. The molecule has 1 saturated heterocycles. The second kappa shape index (κ2) is 7.15. The normalized spacial score (nSPS) is 15.1. The van der Waals surface area contributed by atoms with Gasteiger partial charge in [0.2, 0.25) is 5.91 Å². The Morgan fingerprint density at radius 1 is 1.08 bits per heavy atom. The molecule has 2 amide bonds. The number of benzene rings is 1. The first-order valence-electron chi connectivity index (χ1n) is 8.62. The van der Waals surface area contributed by atoms with E-state index in [2.05, 4.69) is 4.98 Å². The lowest BCUT2D eigenvalue weighted by Gasteiger charge is -2.35. The maximum Gasteiger partial charge on any atom is 0.410 e. The Bertz CT molecular complexity index is 799. The second-order valence-corrected chi connectivity index (χ2v) is 7.25. The summed E-state index contributed by atoms with van der Waals surface area (Å²) in [6.45, 7) is 6.27. The van der Waals surface area contributed by atoms with E-state index in [1.807, 2.05) is 57.2 Å². The molecule has 1 aliphatic rings. The molecule has 0 atom stereocenters. The van der Waals surface area contributed by atoms with Crippen molar-refractivity contribution in [2.24, 2.45) is 0 Å². The van der Waals surface area contributed by atoms with Crippen molar-refractivity contribution in [3.05, 3.63) is 48.8 Å². The van der Waals surface area contributed by atoms with Gasteiger partial charge in [-0.2, -0.15) is 0 Å². The van der Waals surface area contributed by atoms with Crippen molar-refractivity contribution in [1.82, 2.24) is 9.88 Å². The first-order valence-corrected chi connectivity index (χ1v) is 8.62. The minimum Gasteiger partial charge on any atom is -0.444 e. The molecule has 2 heterocycles. The summed E-state index contributed by atoms with van der Waals surface area (Å²) in [6.07, 6.45) is 3.00. The summed E-state index contributed by atoms with van der Waals surface area (Å²) in [4.78, 5) is 32.1. The van der Waals surface area contributed by atoms with Crippen molar-refractivity contribution in [3.8, 4) is 11.1 Å². The molecule has 6 heteroatoms. The monoisotopic (exact) mass is 353 g/mol. The largest absolute Gasteiger partial charge is 0.444 e. The third-order valence-electron chi connectivity index (χ3n) is 4.02. The van der Waals surface area contributed by atoms with Gasteiger partial charge < -0.3 is 9.64 Å². The highest BCUT2D eigenvalue weighted by Crippen LogP contribution is 2.24. The van der Waals surface area contributed by atoms with Crippen LogP contribution in [0.1, 0.15) is 20.8 Å². The van der Waals surface area contributed by atoms with Gasteiger partial charge in [0.1, 0.15) is 12.1 Å². The van der Waals surface area contributed by atoms with Crippen molar-refractivity contribution in [3.63, 3.8) is 0 Å². The fraction of sp³-hybridized carbons (Fsp3) is 0.350. The zero-order valence-electron chi connectivity index (χ0n) is 15.3. The highest BCUT2D eigenvalue weighted by molar-refractivity contribution is 5.97. The van der Waals surface area contributed by atoms with Crippen LogP contribution in [0.2, 0.25) is 0 Å². The van der Waals surface area contributed by atoms with Crippen molar-refractivity contribution in [1.29, 1.82) is 0 Å². The number of anilines is 1. The summed E-state index contributed by atoms with van der Waals surface area (Å²) in [6, 6.07) is 11.8. The minimum atomic E-state index is -0.578. The standard InChI is InChI=1S/C20H23N3O3/c1-20(2,3)26-19(25)22-9-10-23(18(24)14-22)17-11-16(12-21-13-17)15-7-5-4-6-8-15/h4-8,11-13H,9-10,14H2,1-3H3. The Morgan fingerprint density at radius 2 is 1.81 bits per heavy atom. The van der Waals surface area contributed by atoms with Crippen LogP contribution in [-0.2, 0) is 9.53 Å². The molecule has 0 aliphatic carbocycles. The number of carbonyl (C=O) groups excluding carboxylic acids is 2. The van der Waals surface area contributed by atoms with Crippen molar-refractivity contribution < 1.29 is 14.3 Å². The number of hydrogen-bond donors (Lipinski definition) is 0. The molecule has 1 aliphatic heterocycles. The number of rotatable bonds is 2. The Morgan fingerprint density at radius 3 is 2.46 bits per heavy atom. The van der Waals surface area contributed by atoms with E-state index in [4.69, 9.17) is 4.74 Å². The Kier molecular flexibility index (Phi) is 4.93. The Labute approximate surface area is 153 Å². The molecular weight excluding hydrogens is 330 g/mol. The van der Waals surface area contributed by atoms with Gasteiger partial charge in [-0.05, 0) is 32.4 Å². The summed E-state index contributed by atoms with van der Waals surface area (Å²) >= 11 is 0. The zero-order chi connectivity index (χ0) is 18.7. The smallest absolute Gasteiger partial charge is 0.410 e. The molecule has 0 saturated carbocycles. The van der Waals surface area contributed by atoms with Crippen LogP contribution in [-0.4, -0.2) is 47.1 Å². The summed E-state index contributed by atoms with van der Waals surface area (Å²) in [7, 11) is 0. The number of carbonyl (C=O) groups is 2. The minimum absolute atomic E-state index is 0.00444. The average molecular weight is 353 g/mol. The van der Waals surface area contributed by atoms with Gasteiger partial charge in [-0.1, -0.05) is 30.3 Å². The molecule has 2 aromatic rings. The number of amides is 2. The van der Waals surface area contributed by atoms with Gasteiger partial charge in [0.15, 0.2) is 0 Å². The van der Waals surface area contributed by atoms with E-state index in [0.717, 1.165) is 16.8 Å². The lowest BCUT2D eigenvalue weighted by atomic mass is 10.1. The van der Waals surface area contributed by atoms with E-state index >= 15 is 0 Å². The SMILES string of the molecule is CC(C)(C)OC(=O)N1CCN(c2cncc(-c3ccccc3)c2)C(=O)C1. The maximum absolute atomic E-state index is 12.6. The van der Waals surface area contributed by atoms with E-state index < -0.39 is 11.7 Å². The first-order chi connectivity index (χ1) is 12.3. The van der Waals surface area contributed by atoms with Crippen LogP contribution in [0.15, 0.2) is 48.8 Å². The maximum atomic E-state index is 12.6. The van der Waals surface area contributed by atoms with Gasteiger partial charge in [-0.3, -0.25) is 14.7 Å². The molecule has 3 rings (SSSR count). The number of aromatic nitrogens is 1. The van der Waals surface area contributed by atoms with Gasteiger partial charge in [0.05, 0.1) is 11.9 Å². The van der Waals surface area contributed by atoms with Crippen LogP contribution >= 0.6 is 0 Å². The highest BCUT2D eigenvalue weighted by Gasteiger charge is 2.31. The van der Waals surface area contributed by atoms with Gasteiger partial charge in [0.25, 0.3) is 0 Å². The highest BCUT2D eigenvalue weighted by atomic mass is 16.6. The molecule has 0 bridgehead atoms. The molecule has 1 fully saturated rings. The van der Waals surface area contributed by atoms with Crippen LogP contribution in [0.5, 0.6) is 0 Å². The quantitative estimate of drug-likeness (QED) is 0.831. The van der Waals surface area contributed by atoms with Gasteiger partial charge >= 0.3 is 6.09 Å². The number of hydrogen-bond acceptors (Lipinski definition) is 4. The third kappa shape index (κ3) is 4.20. The molecular formula is C20H23N3O3. The number of piperazine rings is 1. The fourth-order valence-electron chi connectivity index (χ4n) is 2.79. The fourth-order valence-corrected chi connectivity index (χ4v) is 2.79. The van der Waals surface area contributed by atoms with E-state index in [0.29, 0.717) is 13.1 Å². The molecule has 0 N–H and O–H groups in total. The summed E-state index contributed by atoms with van der Waals surface area (Å²) in [5.41, 5.74) is 2.15. The predicted octanol–water partition coefficient (Wildman–Crippen LogP) is 3.33. The summed E-state index contributed by atoms with van der Waals surface area (Å²) in [5, 5.41) is 0. The number of pyridine rings is 1. The van der Waals surface area contributed by atoms with Crippen molar-refractivity contribution in [2.75, 3.05) is 24.5 Å². The van der Waals surface area contributed by atoms with Crippen molar-refractivity contribution >= 4 is 17.7 Å². The number of ether oxygens (including phenoxy) is 1. The van der Waals surface area contributed by atoms with Crippen LogP contribution in [0.3, 0.4) is 0 Å². The molecule has 0 radical (unpaired) electrons. The van der Waals surface area contributed by atoms with E-state index in [1.165, 1.54) is 4.90 Å². The zero-order valence-corrected chi connectivity index (χ0v) is 15.3. The third-order valence-corrected chi connectivity index (χ3v) is 4.02. The lowest BCUT2D eigenvalue weighted by molar-refractivity contribution is -0.121. The van der Waals surface area contributed by atoms with Crippen molar-refractivity contribution in [2.45, 2.75) is 26.4 Å². The van der Waals surface area contributed by atoms with Crippen LogP contribution in [0, 0.1) is 0 Å². The number of nitrogens with zero attached hydrogens (tertiary/aromatic N) is 3. The van der Waals surface area contributed by atoms with Gasteiger partial charge in [-0.15, -0.1) is 0 Å². The summed E-state index contributed by atoms with van der Waals surface area (Å²) < 4.78 is 5.35. The lowest BCUT2D eigenvalue weighted by Crippen LogP contribution is -2.53. The Hall–Kier alpha value is -2.89. The molecule has 26 heavy (non-hydrogen) atoms. The molecule has 0 unspecified atom stereocenters. The summed E-state index contributed by atoms with van der Waals surface area (Å²) in [5.74, 6) is -0.144. The topological polar surface area (TPSA) is 62.7 Å².